The number of hydrogen-bond acceptors (Lipinski definition) is 6. The van der Waals surface area contributed by atoms with E-state index in [4.69, 9.17) is 9.47 Å². The monoisotopic (exact) mass is 530 g/mol. The fourth-order valence-corrected chi connectivity index (χ4v) is 3.71. The van der Waals surface area contributed by atoms with Crippen molar-refractivity contribution in [1.29, 1.82) is 0 Å². The van der Waals surface area contributed by atoms with Gasteiger partial charge >= 0.3 is 6.18 Å². The topological polar surface area (TPSA) is 111 Å². The van der Waals surface area contributed by atoms with Crippen molar-refractivity contribution < 1.29 is 36.6 Å². The molecule has 12 heteroatoms. The van der Waals surface area contributed by atoms with Crippen LogP contribution in [0.2, 0.25) is 0 Å². The molecule has 8 nitrogen and oxygen atoms in total. The number of benzene rings is 2. The van der Waals surface area contributed by atoms with Crippen LogP contribution in [0.5, 0.6) is 17.2 Å². The van der Waals surface area contributed by atoms with E-state index >= 15 is 0 Å². The number of pyridine rings is 1. The summed E-state index contributed by atoms with van der Waals surface area (Å²) in [7, 11) is 0. The molecule has 5 rings (SSSR count). The van der Waals surface area contributed by atoms with Crippen molar-refractivity contribution in [1.82, 2.24) is 20.9 Å². The molecule has 1 atom stereocenters. The summed E-state index contributed by atoms with van der Waals surface area (Å²) in [6.45, 7) is 0.699. The zero-order valence-corrected chi connectivity index (χ0v) is 19.8. The minimum atomic E-state index is -4.64. The minimum Gasteiger partial charge on any atom is -0.474 e. The van der Waals surface area contributed by atoms with Gasteiger partial charge in [0.25, 0.3) is 5.91 Å². The van der Waals surface area contributed by atoms with Crippen molar-refractivity contribution in [2.24, 2.45) is 0 Å². The van der Waals surface area contributed by atoms with E-state index in [0.29, 0.717) is 24.9 Å². The van der Waals surface area contributed by atoms with Gasteiger partial charge in [0, 0.05) is 30.9 Å². The number of nitrogens with zero attached hydrogens (tertiary/aromatic N) is 1. The zero-order chi connectivity index (χ0) is 26.9. The van der Waals surface area contributed by atoms with Gasteiger partial charge in [-0.2, -0.15) is 17.6 Å². The van der Waals surface area contributed by atoms with Crippen LogP contribution in [0.4, 0.5) is 17.6 Å². The van der Waals surface area contributed by atoms with Crippen LogP contribution >= 0.6 is 0 Å². The minimum absolute atomic E-state index is 0.0583. The molecule has 1 saturated carbocycles. The Morgan fingerprint density at radius 2 is 1.76 bits per heavy atom. The molecule has 2 aromatic carbocycles. The molecule has 3 aromatic rings. The quantitative estimate of drug-likeness (QED) is 0.220. The number of carbonyl (C=O) groups is 2. The van der Waals surface area contributed by atoms with Gasteiger partial charge in [0.15, 0.2) is 6.23 Å². The van der Waals surface area contributed by atoms with E-state index < -0.39 is 29.1 Å². The maximum atomic E-state index is 13.6. The number of carbonyl (C=O) groups excluding carboxylic acids is 2. The number of rotatable bonds is 9. The fourth-order valence-electron chi connectivity index (χ4n) is 3.71. The van der Waals surface area contributed by atoms with Crippen LogP contribution in [0.1, 0.15) is 34.3 Å². The Balaban J connectivity index is 1.18. The number of hydrogen-bond donors (Lipinski definition) is 3. The molecule has 1 saturated heterocycles. The molecule has 1 aromatic heterocycles. The van der Waals surface area contributed by atoms with Crippen LogP contribution < -0.4 is 25.4 Å². The summed E-state index contributed by atoms with van der Waals surface area (Å²) in [4.78, 5) is 28.5. The van der Waals surface area contributed by atoms with Gasteiger partial charge in [-0.3, -0.25) is 14.9 Å². The highest BCUT2D eigenvalue weighted by atomic mass is 19.4. The highest BCUT2D eigenvalue weighted by molar-refractivity contribution is 6.00. The van der Waals surface area contributed by atoms with E-state index in [1.165, 1.54) is 30.3 Å². The van der Waals surface area contributed by atoms with Gasteiger partial charge in [-0.05, 0) is 54.8 Å². The predicted molar refractivity (Wildman–Crippen MR) is 126 cm³/mol. The molecule has 0 bridgehead atoms. The van der Waals surface area contributed by atoms with Gasteiger partial charge in [-0.15, -0.1) is 0 Å². The van der Waals surface area contributed by atoms with Crippen LogP contribution in [-0.2, 0) is 17.5 Å². The maximum absolute atomic E-state index is 13.6. The first kappa shape index (κ1) is 25.5. The molecule has 1 unspecified atom stereocenters. The predicted octanol–water partition coefficient (Wildman–Crippen LogP) is 3.92. The van der Waals surface area contributed by atoms with Gasteiger partial charge in [-0.25, -0.2) is 4.98 Å². The molecule has 1 aliphatic heterocycles. The van der Waals surface area contributed by atoms with Crippen molar-refractivity contribution >= 4 is 11.8 Å². The van der Waals surface area contributed by atoms with E-state index in [2.05, 4.69) is 20.9 Å². The summed E-state index contributed by atoms with van der Waals surface area (Å²) in [5, 5.41) is 8.25. The Kier molecular flexibility index (Phi) is 6.66. The summed E-state index contributed by atoms with van der Waals surface area (Å²) in [6, 6.07) is 12.1. The summed E-state index contributed by atoms with van der Waals surface area (Å²) in [5.74, 6) is -1.87. The Bertz CT molecular complexity index is 1360. The van der Waals surface area contributed by atoms with Crippen molar-refractivity contribution in [2.45, 2.75) is 37.3 Å². The molecular formula is C26H22F4N4O4. The first-order valence-electron chi connectivity index (χ1n) is 11.7. The number of ether oxygens (including phenoxy) is 2. The van der Waals surface area contributed by atoms with Gasteiger partial charge in [0.1, 0.15) is 28.4 Å². The number of alkyl halides is 3. The van der Waals surface area contributed by atoms with E-state index in [0.717, 1.165) is 18.3 Å². The number of halogens is 4. The molecular weight excluding hydrogens is 508 g/mol. The smallest absolute Gasteiger partial charge is 0.420 e. The van der Waals surface area contributed by atoms with Crippen molar-refractivity contribution in [3.63, 3.8) is 0 Å². The maximum Gasteiger partial charge on any atom is 0.420 e. The average Bonchev–Trinajstić information content (AvgIpc) is 3.81. The van der Waals surface area contributed by atoms with Crippen LogP contribution in [0.15, 0.2) is 60.8 Å². The van der Waals surface area contributed by atoms with Crippen LogP contribution in [-0.4, -0.2) is 35.1 Å². The lowest BCUT2D eigenvalue weighted by atomic mass is 10.1. The lowest BCUT2D eigenvalue weighted by Gasteiger charge is -2.18. The number of aromatic nitrogens is 1. The van der Waals surface area contributed by atoms with Crippen molar-refractivity contribution in [3.8, 4) is 17.2 Å². The van der Waals surface area contributed by atoms with Crippen LogP contribution in [0.25, 0.3) is 0 Å². The lowest BCUT2D eigenvalue weighted by molar-refractivity contribution is -0.138. The second kappa shape index (κ2) is 9.93. The van der Waals surface area contributed by atoms with E-state index in [1.54, 1.807) is 12.1 Å². The van der Waals surface area contributed by atoms with Crippen LogP contribution in [0.3, 0.4) is 0 Å². The second-order valence-electron chi connectivity index (χ2n) is 9.00. The third-order valence-electron chi connectivity index (χ3n) is 6.04. The summed E-state index contributed by atoms with van der Waals surface area (Å²) in [5.41, 5.74) is -1.30. The number of amides is 2. The van der Waals surface area contributed by atoms with E-state index in [-0.39, 0.29) is 41.5 Å². The van der Waals surface area contributed by atoms with Crippen molar-refractivity contribution in [2.75, 3.05) is 6.54 Å². The molecule has 0 spiro atoms. The third-order valence-corrected chi connectivity index (χ3v) is 6.04. The molecule has 2 fully saturated rings. The van der Waals surface area contributed by atoms with Gasteiger partial charge < -0.3 is 20.1 Å². The second-order valence-corrected chi connectivity index (χ2v) is 9.00. The Morgan fingerprint density at radius 3 is 2.39 bits per heavy atom. The Hall–Kier alpha value is -4.19. The molecule has 198 valence electrons. The van der Waals surface area contributed by atoms with Crippen molar-refractivity contribution in [3.05, 3.63) is 83.4 Å². The molecule has 0 radical (unpaired) electrons. The highest BCUT2D eigenvalue weighted by Gasteiger charge is 2.51. The molecule has 2 aliphatic rings. The molecule has 38 heavy (non-hydrogen) atoms. The average molecular weight is 530 g/mol. The van der Waals surface area contributed by atoms with E-state index in [9.17, 15) is 27.2 Å². The Labute approximate surface area is 214 Å². The van der Waals surface area contributed by atoms with Gasteiger partial charge in [-0.1, -0.05) is 12.1 Å². The first-order chi connectivity index (χ1) is 18.1. The fraction of sp³-hybridized carbons (Fsp3) is 0.269. The van der Waals surface area contributed by atoms with E-state index in [1.807, 2.05) is 0 Å². The SMILES string of the molecule is O=C(NC1(C(=O)NCc2ccc(Oc3ccc(OC4CN4)cc3C(F)(F)F)cc2)CC1)c1ccnc(F)c1. The molecule has 2 amide bonds. The lowest BCUT2D eigenvalue weighted by Crippen LogP contribution is -2.48. The van der Waals surface area contributed by atoms with Gasteiger partial charge in [0.2, 0.25) is 11.9 Å². The Morgan fingerprint density at radius 1 is 1.05 bits per heavy atom. The summed E-state index contributed by atoms with van der Waals surface area (Å²) >= 11 is 0. The standard InChI is InChI=1S/C26H22F4N4O4/c27-21-11-16(7-10-31-21)23(35)34-25(8-9-25)24(36)33-13-15-1-3-17(4-2-15)37-20-6-5-18(38-22-14-32-22)12-19(20)26(28,29)30/h1-7,10-12,22,32H,8-9,13-14H2,(H,33,36)(H,34,35). The molecule has 3 N–H and O–H groups in total. The normalized spacial score (nSPS) is 17.3. The zero-order valence-electron chi connectivity index (χ0n) is 19.8. The summed E-state index contributed by atoms with van der Waals surface area (Å²) < 4.78 is 64.9. The number of nitrogens with one attached hydrogen (secondary N) is 3. The van der Waals surface area contributed by atoms with Gasteiger partial charge in [0.05, 0.1) is 0 Å². The molecule has 1 aliphatic carbocycles. The first-order valence-corrected chi connectivity index (χ1v) is 11.7. The molecule has 2 heterocycles. The largest absolute Gasteiger partial charge is 0.474 e. The summed E-state index contributed by atoms with van der Waals surface area (Å²) in [6.07, 6.45) is -2.89. The van der Waals surface area contributed by atoms with Crippen LogP contribution in [0, 0.1) is 5.95 Å². The third kappa shape index (κ3) is 6.02. The highest BCUT2D eigenvalue weighted by Crippen LogP contribution is 2.40.